The molecule has 0 amide bonds. The van der Waals surface area contributed by atoms with Gasteiger partial charge in [-0.3, -0.25) is 0 Å². The smallest absolute Gasteiger partial charge is 0.147 e. The van der Waals surface area contributed by atoms with E-state index in [1.54, 1.807) is 18.9 Å². The standard InChI is InChI=1S/C9H13.C7H7S.C6H5.2ClH.Ti/c1-6-5-7(2)9(4)8(6)3;1-8-7-5-3-2-4-6-7;1-2-4-6-5-3-1;;;/h6H,1-4H3;2-6H,1H2;1-5H;2*1H;. The van der Waals surface area contributed by atoms with Crippen molar-refractivity contribution in [1.82, 2.24) is 0 Å². The summed E-state index contributed by atoms with van der Waals surface area (Å²) >= 11 is 0.497. The zero-order chi connectivity index (χ0) is 17.1. The molecule has 1 unspecified atom stereocenters. The summed E-state index contributed by atoms with van der Waals surface area (Å²) in [7, 11) is 0. The van der Waals surface area contributed by atoms with E-state index in [9.17, 15) is 0 Å². The number of hydrogen-bond donors (Lipinski definition) is 0. The Balaban J connectivity index is 0.00000169. The van der Waals surface area contributed by atoms with Crippen LogP contribution in [0.1, 0.15) is 27.7 Å². The van der Waals surface area contributed by atoms with Gasteiger partial charge in [0.15, 0.2) is 0 Å². The summed E-state index contributed by atoms with van der Waals surface area (Å²) in [4.78, 5) is 1.39. The maximum Gasteiger partial charge on any atom is -0.147 e. The van der Waals surface area contributed by atoms with Gasteiger partial charge in [0.2, 0.25) is 0 Å². The van der Waals surface area contributed by atoms with E-state index in [1.165, 1.54) is 14.5 Å². The summed E-state index contributed by atoms with van der Waals surface area (Å²) in [5.74, 6) is 0.622. The Labute approximate surface area is 181 Å². The Morgan fingerprint density at radius 1 is 0.808 bits per heavy atom. The van der Waals surface area contributed by atoms with Crippen LogP contribution in [-0.2, 0) is 17.9 Å². The van der Waals surface area contributed by atoms with Gasteiger partial charge in [0.05, 0.1) is 0 Å². The minimum Gasteiger partial charge on any atom is -0.147 e. The molecular weight excluding hydrogens is 415 g/mol. The van der Waals surface area contributed by atoms with Gasteiger partial charge in [0.25, 0.3) is 0 Å². The van der Waals surface area contributed by atoms with Gasteiger partial charge in [-0.1, -0.05) is 0 Å². The van der Waals surface area contributed by atoms with Gasteiger partial charge in [-0.2, -0.15) is 0 Å². The van der Waals surface area contributed by atoms with Crippen molar-refractivity contribution in [2.45, 2.75) is 32.6 Å². The number of allylic oxidation sites excluding steroid dienone is 4. The molecule has 0 N–H and O–H groups in total. The van der Waals surface area contributed by atoms with Crippen molar-refractivity contribution in [3.05, 3.63) is 81.3 Å². The number of benzene rings is 2. The van der Waals surface area contributed by atoms with Crippen LogP contribution in [0.15, 0.2) is 86.2 Å². The van der Waals surface area contributed by atoms with E-state index >= 15 is 0 Å². The molecule has 0 saturated heterocycles. The van der Waals surface area contributed by atoms with Gasteiger partial charge in [-0.05, 0) is 0 Å². The molecule has 0 aliphatic heterocycles. The van der Waals surface area contributed by atoms with Crippen LogP contribution in [0, 0.1) is 5.92 Å². The van der Waals surface area contributed by atoms with Gasteiger partial charge >= 0.3 is 157 Å². The number of thioether (sulfide) groups is 1. The summed E-state index contributed by atoms with van der Waals surface area (Å²) in [6.45, 7) is 9.38. The molecule has 0 aromatic heterocycles. The molecule has 0 radical (unpaired) electrons. The Bertz CT molecular complexity index is 769. The van der Waals surface area contributed by atoms with Crippen LogP contribution in [-0.4, -0.2) is 4.06 Å². The van der Waals surface area contributed by atoms with Crippen molar-refractivity contribution in [3.8, 4) is 0 Å². The van der Waals surface area contributed by atoms with Crippen molar-refractivity contribution >= 4 is 40.4 Å². The zero-order valence-electron chi connectivity index (χ0n) is 15.8. The Hall–Kier alpha value is -0.436. The molecule has 2 aromatic carbocycles. The molecule has 4 heteroatoms. The first-order valence-corrected chi connectivity index (χ1v) is 12.2. The molecule has 0 heterocycles. The summed E-state index contributed by atoms with van der Waals surface area (Å²) in [6, 6.07) is 22.1. The summed E-state index contributed by atoms with van der Waals surface area (Å²) in [6.07, 6.45) is 0. The van der Waals surface area contributed by atoms with Crippen LogP contribution < -0.4 is 3.87 Å². The molecule has 3 rings (SSSR count). The van der Waals surface area contributed by atoms with Crippen molar-refractivity contribution in [3.63, 3.8) is 0 Å². The average molecular weight is 442 g/mol. The molecule has 1 aliphatic carbocycles. The van der Waals surface area contributed by atoms with Crippen LogP contribution in [0.5, 0.6) is 0 Å². The van der Waals surface area contributed by atoms with Crippen LogP contribution in [0.3, 0.4) is 0 Å². The van der Waals surface area contributed by atoms with Crippen molar-refractivity contribution in [2.75, 3.05) is 4.06 Å². The molecule has 0 fully saturated rings. The first-order valence-electron chi connectivity index (χ1n) is 8.57. The third-order valence-electron chi connectivity index (χ3n) is 5.21. The first kappa shape index (κ1) is 23.6. The minimum absolute atomic E-state index is 0. The third kappa shape index (κ3) is 5.09. The molecule has 1 atom stereocenters. The second-order valence-corrected chi connectivity index (χ2v) is 12.2. The fraction of sp³-hybridized carbons (Fsp3) is 0.273. The van der Waals surface area contributed by atoms with Gasteiger partial charge < -0.3 is 0 Å². The SMILES string of the molecule is CC1=C(C)C(C)[C]([Ti]([CH2]Sc2ccccc2)[c]2ccccc2)=C1C.Cl.Cl. The van der Waals surface area contributed by atoms with Gasteiger partial charge in [-0.25, -0.2) is 0 Å². The fourth-order valence-electron chi connectivity index (χ4n) is 3.48. The molecule has 139 valence electrons. The predicted molar refractivity (Wildman–Crippen MR) is 118 cm³/mol. The van der Waals surface area contributed by atoms with Crippen LogP contribution in [0.2, 0.25) is 0 Å². The summed E-state index contributed by atoms with van der Waals surface area (Å²) in [5, 5.41) is 0. The van der Waals surface area contributed by atoms with E-state index in [-0.39, 0.29) is 24.8 Å². The second-order valence-electron chi connectivity index (χ2n) is 6.51. The van der Waals surface area contributed by atoms with E-state index in [2.05, 4.69) is 88.4 Å². The molecule has 0 spiro atoms. The van der Waals surface area contributed by atoms with Crippen LogP contribution >= 0.6 is 36.6 Å². The molecule has 0 saturated carbocycles. The molecule has 0 nitrogen and oxygen atoms in total. The van der Waals surface area contributed by atoms with Crippen LogP contribution in [0.25, 0.3) is 0 Å². The quantitative estimate of drug-likeness (QED) is 0.363. The van der Waals surface area contributed by atoms with Crippen molar-refractivity contribution in [2.24, 2.45) is 5.92 Å². The zero-order valence-corrected chi connectivity index (χ0v) is 19.8. The van der Waals surface area contributed by atoms with Crippen molar-refractivity contribution < 1.29 is 17.9 Å². The normalized spacial score (nSPS) is 16.2. The molecule has 26 heavy (non-hydrogen) atoms. The predicted octanol–water partition coefficient (Wildman–Crippen LogP) is 6.78. The number of hydrogen-bond acceptors (Lipinski definition) is 1. The van der Waals surface area contributed by atoms with Crippen molar-refractivity contribution in [1.29, 1.82) is 0 Å². The minimum atomic E-state index is -1.54. The topological polar surface area (TPSA) is 0 Å². The number of rotatable bonds is 5. The molecular formula is C22H27Cl2STi. The van der Waals surface area contributed by atoms with E-state index in [4.69, 9.17) is 0 Å². The molecule has 1 aliphatic rings. The monoisotopic (exact) mass is 441 g/mol. The largest absolute Gasteiger partial charge is 0.147 e. The van der Waals surface area contributed by atoms with Gasteiger partial charge in [0.1, 0.15) is 0 Å². The van der Waals surface area contributed by atoms with E-state index in [1.807, 2.05) is 11.8 Å². The first-order chi connectivity index (χ1) is 11.6. The van der Waals surface area contributed by atoms with Gasteiger partial charge in [-0.15, -0.1) is 24.8 Å². The fourth-order valence-corrected chi connectivity index (χ4v) is 11.0. The number of halogens is 2. The van der Waals surface area contributed by atoms with Gasteiger partial charge in [0, 0.05) is 0 Å². The Kier molecular flexibility index (Phi) is 9.79. The van der Waals surface area contributed by atoms with Crippen LogP contribution in [0.4, 0.5) is 0 Å². The Morgan fingerprint density at radius 3 is 1.85 bits per heavy atom. The van der Waals surface area contributed by atoms with E-state index in [0.29, 0.717) is 5.92 Å². The summed E-state index contributed by atoms with van der Waals surface area (Å²) in [5.41, 5.74) is 4.68. The summed E-state index contributed by atoms with van der Waals surface area (Å²) < 4.78 is 4.63. The molecule has 2 aromatic rings. The Morgan fingerprint density at radius 2 is 1.35 bits per heavy atom. The third-order valence-corrected chi connectivity index (χ3v) is 12.2. The second kappa shape index (κ2) is 10.8. The maximum absolute atomic E-state index is 2.41. The maximum atomic E-state index is 2.41. The average Bonchev–Trinajstić information content (AvgIpc) is 2.81. The molecule has 0 bridgehead atoms. The van der Waals surface area contributed by atoms with E-state index in [0.717, 1.165) is 0 Å². The van der Waals surface area contributed by atoms with E-state index < -0.39 is 17.9 Å².